The number of morpholine rings is 1. The fraction of sp³-hybridized carbons (Fsp3) is 0.500. The van der Waals surface area contributed by atoms with Crippen molar-refractivity contribution >= 4 is 23.1 Å². The Morgan fingerprint density at radius 1 is 1.32 bits per heavy atom. The van der Waals surface area contributed by atoms with Crippen LogP contribution in [-0.2, 0) is 22.5 Å². The molecule has 25 heavy (non-hydrogen) atoms. The molecule has 7 heteroatoms. The van der Waals surface area contributed by atoms with E-state index in [1.807, 2.05) is 24.8 Å². The third-order valence-electron chi connectivity index (χ3n) is 4.74. The fourth-order valence-corrected chi connectivity index (χ4v) is 4.40. The SMILES string of the molecule is Cc1cc(N2CCOC(C(=O)N3CCc4sccc4C3)C2)nc(C)n1. The molecule has 4 rings (SSSR count). The van der Waals surface area contributed by atoms with Crippen LogP contribution in [0.2, 0.25) is 0 Å². The van der Waals surface area contributed by atoms with E-state index < -0.39 is 6.10 Å². The zero-order valence-corrected chi connectivity index (χ0v) is 15.4. The predicted molar refractivity (Wildman–Crippen MR) is 96.9 cm³/mol. The second kappa shape index (κ2) is 6.72. The summed E-state index contributed by atoms with van der Waals surface area (Å²) in [6, 6.07) is 4.10. The molecule has 0 bridgehead atoms. The van der Waals surface area contributed by atoms with Crippen LogP contribution in [0.15, 0.2) is 17.5 Å². The molecule has 0 radical (unpaired) electrons. The van der Waals surface area contributed by atoms with Crippen LogP contribution in [0.4, 0.5) is 5.82 Å². The van der Waals surface area contributed by atoms with Gasteiger partial charge in [0, 0.05) is 36.3 Å². The van der Waals surface area contributed by atoms with E-state index in [0.717, 1.165) is 36.8 Å². The average molecular weight is 358 g/mol. The van der Waals surface area contributed by atoms with Crippen LogP contribution >= 0.6 is 11.3 Å². The Kier molecular flexibility index (Phi) is 4.43. The van der Waals surface area contributed by atoms with Crippen molar-refractivity contribution in [1.29, 1.82) is 0 Å². The minimum atomic E-state index is -0.426. The summed E-state index contributed by atoms with van der Waals surface area (Å²) in [4.78, 5) is 27.3. The van der Waals surface area contributed by atoms with Crippen LogP contribution in [-0.4, -0.2) is 53.1 Å². The molecule has 0 aromatic carbocycles. The predicted octanol–water partition coefficient (Wildman–Crippen LogP) is 1.95. The number of amides is 1. The highest BCUT2D eigenvalue weighted by atomic mass is 32.1. The quantitative estimate of drug-likeness (QED) is 0.821. The molecule has 1 unspecified atom stereocenters. The van der Waals surface area contributed by atoms with Crippen molar-refractivity contribution in [3.63, 3.8) is 0 Å². The number of thiophene rings is 1. The molecular weight excluding hydrogens is 336 g/mol. The summed E-state index contributed by atoms with van der Waals surface area (Å²) in [5.74, 6) is 1.72. The van der Waals surface area contributed by atoms with Gasteiger partial charge in [-0.3, -0.25) is 4.79 Å². The molecule has 6 nitrogen and oxygen atoms in total. The van der Waals surface area contributed by atoms with Gasteiger partial charge in [-0.1, -0.05) is 0 Å². The molecule has 0 N–H and O–H groups in total. The molecule has 1 atom stereocenters. The standard InChI is InChI=1S/C18H22N4O2S/c1-12-9-17(20-13(2)19-12)21-6-7-24-15(11-21)18(23)22-5-3-16-14(10-22)4-8-25-16/h4,8-9,15H,3,5-7,10-11H2,1-2H3. The molecule has 132 valence electrons. The molecule has 1 amide bonds. The minimum Gasteiger partial charge on any atom is -0.365 e. The number of nitrogens with zero attached hydrogens (tertiary/aromatic N) is 4. The average Bonchev–Trinajstić information content (AvgIpc) is 3.08. The number of hydrogen-bond acceptors (Lipinski definition) is 6. The number of aryl methyl sites for hydroxylation is 2. The van der Waals surface area contributed by atoms with E-state index in [9.17, 15) is 4.79 Å². The summed E-state index contributed by atoms with van der Waals surface area (Å²) in [5.41, 5.74) is 2.22. The maximum Gasteiger partial charge on any atom is 0.253 e. The van der Waals surface area contributed by atoms with Crippen molar-refractivity contribution in [3.8, 4) is 0 Å². The van der Waals surface area contributed by atoms with E-state index in [0.29, 0.717) is 19.7 Å². The third-order valence-corrected chi connectivity index (χ3v) is 5.76. The molecule has 2 aromatic heterocycles. The Labute approximate surface area is 151 Å². The Balaban J connectivity index is 1.47. The third kappa shape index (κ3) is 3.39. The number of carbonyl (C=O) groups is 1. The van der Waals surface area contributed by atoms with E-state index in [-0.39, 0.29) is 5.91 Å². The van der Waals surface area contributed by atoms with Crippen molar-refractivity contribution in [2.75, 3.05) is 31.1 Å². The zero-order valence-electron chi connectivity index (χ0n) is 14.6. The van der Waals surface area contributed by atoms with Gasteiger partial charge in [-0.05, 0) is 37.3 Å². The van der Waals surface area contributed by atoms with Crippen LogP contribution in [0.3, 0.4) is 0 Å². The molecule has 0 aliphatic carbocycles. The smallest absolute Gasteiger partial charge is 0.253 e. The van der Waals surface area contributed by atoms with E-state index in [2.05, 4.69) is 26.3 Å². The van der Waals surface area contributed by atoms with Crippen LogP contribution in [0.1, 0.15) is 22.0 Å². The monoisotopic (exact) mass is 358 g/mol. The second-order valence-corrected chi connectivity index (χ2v) is 7.60. The number of ether oxygens (including phenoxy) is 1. The number of carbonyl (C=O) groups excluding carboxylic acids is 1. The van der Waals surface area contributed by atoms with Gasteiger partial charge in [0.05, 0.1) is 13.2 Å². The second-order valence-electron chi connectivity index (χ2n) is 6.60. The van der Waals surface area contributed by atoms with Gasteiger partial charge >= 0.3 is 0 Å². The van der Waals surface area contributed by atoms with Gasteiger partial charge in [0.1, 0.15) is 11.6 Å². The summed E-state index contributed by atoms with van der Waals surface area (Å²) in [7, 11) is 0. The topological polar surface area (TPSA) is 58.6 Å². The normalized spacial score (nSPS) is 20.5. The zero-order chi connectivity index (χ0) is 17.4. The van der Waals surface area contributed by atoms with Gasteiger partial charge in [-0.2, -0.15) is 0 Å². The summed E-state index contributed by atoms with van der Waals surface area (Å²) in [6.07, 6.45) is 0.518. The van der Waals surface area contributed by atoms with Crippen molar-refractivity contribution in [3.05, 3.63) is 39.5 Å². The van der Waals surface area contributed by atoms with Crippen LogP contribution < -0.4 is 4.90 Å². The van der Waals surface area contributed by atoms with Crippen molar-refractivity contribution < 1.29 is 9.53 Å². The van der Waals surface area contributed by atoms with Gasteiger partial charge in [-0.25, -0.2) is 9.97 Å². The Hall–Kier alpha value is -1.99. The van der Waals surface area contributed by atoms with Crippen molar-refractivity contribution in [2.24, 2.45) is 0 Å². The highest BCUT2D eigenvalue weighted by Gasteiger charge is 2.32. The van der Waals surface area contributed by atoms with E-state index in [1.54, 1.807) is 11.3 Å². The van der Waals surface area contributed by atoms with Gasteiger partial charge in [0.2, 0.25) is 0 Å². The van der Waals surface area contributed by atoms with E-state index >= 15 is 0 Å². The van der Waals surface area contributed by atoms with Crippen LogP contribution in [0.5, 0.6) is 0 Å². The molecule has 2 aliphatic rings. The Bertz CT molecular complexity index is 771. The lowest BCUT2D eigenvalue weighted by atomic mass is 10.1. The van der Waals surface area contributed by atoms with Gasteiger partial charge in [0.25, 0.3) is 5.91 Å². The number of hydrogen-bond donors (Lipinski definition) is 0. The first-order valence-corrected chi connectivity index (χ1v) is 9.51. The van der Waals surface area contributed by atoms with E-state index in [4.69, 9.17) is 4.74 Å². The lowest BCUT2D eigenvalue weighted by Gasteiger charge is -2.36. The minimum absolute atomic E-state index is 0.0871. The lowest BCUT2D eigenvalue weighted by molar-refractivity contribution is -0.145. The van der Waals surface area contributed by atoms with Crippen LogP contribution in [0, 0.1) is 13.8 Å². The molecular formula is C18H22N4O2S. The Morgan fingerprint density at radius 2 is 2.20 bits per heavy atom. The number of aromatic nitrogens is 2. The lowest BCUT2D eigenvalue weighted by Crippen LogP contribution is -2.52. The number of rotatable bonds is 2. The van der Waals surface area contributed by atoms with Crippen LogP contribution in [0.25, 0.3) is 0 Å². The first kappa shape index (κ1) is 16.5. The van der Waals surface area contributed by atoms with Crippen molar-refractivity contribution in [1.82, 2.24) is 14.9 Å². The summed E-state index contributed by atoms with van der Waals surface area (Å²) >= 11 is 1.78. The van der Waals surface area contributed by atoms with Crippen molar-refractivity contribution in [2.45, 2.75) is 32.9 Å². The first-order valence-electron chi connectivity index (χ1n) is 8.63. The Morgan fingerprint density at radius 3 is 3.04 bits per heavy atom. The molecule has 1 fully saturated rings. The molecule has 2 aliphatic heterocycles. The van der Waals surface area contributed by atoms with Gasteiger partial charge in [0.15, 0.2) is 6.10 Å². The number of fused-ring (bicyclic) bond motifs is 1. The summed E-state index contributed by atoms with van der Waals surface area (Å²) in [6.45, 7) is 7.16. The van der Waals surface area contributed by atoms with E-state index in [1.165, 1.54) is 10.4 Å². The van der Waals surface area contributed by atoms with Gasteiger partial charge in [-0.15, -0.1) is 11.3 Å². The molecule has 0 saturated carbocycles. The summed E-state index contributed by atoms with van der Waals surface area (Å²) < 4.78 is 5.80. The molecule has 2 aromatic rings. The largest absolute Gasteiger partial charge is 0.365 e. The van der Waals surface area contributed by atoms with Gasteiger partial charge < -0.3 is 14.5 Å². The summed E-state index contributed by atoms with van der Waals surface area (Å²) in [5, 5.41) is 2.11. The highest BCUT2D eigenvalue weighted by molar-refractivity contribution is 7.10. The fourth-order valence-electron chi connectivity index (χ4n) is 3.51. The molecule has 0 spiro atoms. The first-order chi connectivity index (χ1) is 12.1. The maximum absolute atomic E-state index is 12.9. The number of anilines is 1. The molecule has 1 saturated heterocycles. The maximum atomic E-state index is 12.9. The highest BCUT2D eigenvalue weighted by Crippen LogP contribution is 2.25. The molecule has 4 heterocycles.